The van der Waals surface area contributed by atoms with E-state index in [2.05, 4.69) is 5.32 Å². The van der Waals surface area contributed by atoms with Crippen molar-refractivity contribution in [3.63, 3.8) is 0 Å². The van der Waals surface area contributed by atoms with Gasteiger partial charge in [0.15, 0.2) is 0 Å². The van der Waals surface area contributed by atoms with E-state index in [1.54, 1.807) is 4.90 Å². The van der Waals surface area contributed by atoms with Crippen molar-refractivity contribution in [2.45, 2.75) is 64.1 Å². The predicted octanol–water partition coefficient (Wildman–Crippen LogP) is 4.81. The SMILES string of the molecule is CCC(C(=O)NC(C)(C)C)N(Cc1ccccc1)C(=O)CSc1ccc(C)cc1. The van der Waals surface area contributed by atoms with Crippen LogP contribution in [0.3, 0.4) is 0 Å². The molecule has 0 heterocycles. The lowest BCUT2D eigenvalue weighted by molar-refractivity contribution is -0.140. The monoisotopic (exact) mass is 412 g/mol. The van der Waals surface area contributed by atoms with Gasteiger partial charge in [0.2, 0.25) is 11.8 Å². The van der Waals surface area contributed by atoms with Crippen molar-refractivity contribution in [2.75, 3.05) is 5.75 Å². The van der Waals surface area contributed by atoms with Crippen LogP contribution in [0.25, 0.3) is 0 Å². The molecule has 1 atom stereocenters. The van der Waals surface area contributed by atoms with Crippen molar-refractivity contribution in [2.24, 2.45) is 0 Å². The van der Waals surface area contributed by atoms with Crippen molar-refractivity contribution in [1.82, 2.24) is 10.2 Å². The highest BCUT2D eigenvalue weighted by atomic mass is 32.2. The number of aryl methyl sites for hydroxylation is 1. The number of nitrogens with zero attached hydrogens (tertiary/aromatic N) is 1. The Kier molecular flexibility index (Phi) is 8.32. The fraction of sp³-hybridized carbons (Fsp3) is 0.417. The molecular formula is C24H32N2O2S. The fourth-order valence-electron chi connectivity index (χ4n) is 3.02. The quantitative estimate of drug-likeness (QED) is 0.633. The summed E-state index contributed by atoms with van der Waals surface area (Å²) in [6, 6.07) is 17.5. The number of benzene rings is 2. The minimum Gasteiger partial charge on any atom is -0.350 e. The van der Waals surface area contributed by atoms with Crippen molar-refractivity contribution in [3.05, 3.63) is 65.7 Å². The fourth-order valence-corrected chi connectivity index (χ4v) is 3.80. The Morgan fingerprint density at radius 2 is 1.66 bits per heavy atom. The molecule has 0 aliphatic heterocycles. The number of carbonyl (C=O) groups excluding carboxylic acids is 2. The third kappa shape index (κ3) is 7.58. The number of amides is 2. The summed E-state index contributed by atoms with van der Waals surface area (Å²) in [6.07, 6.45) is 0.565. The highest BCUT2D eigenvalue weighted by molar-refractivity contribution is 8.00. The smallest absolute Gasteiger partial charge is 0.243 e. The lowest BCUT2D eigenvalue weighted by Crippen LogP contribution is -2.53. The van der Waals surface area contributed by atoms with Gasteiger partial charge in [0.25, 0.3) is 0 Å². The molecule has 0 radical (unpaired) electrons. The maximum Gasteiger partial charge on any atom is 0.243 e. The Balaban J connectivity index is 2.19. The Morgan fingerprint density at radius 1 is 1.03 bits per heavy atom. The Labute approximate surface area is 179 Å². The van der Waals surface area contributed by atoms with Crippen LogP contribution in [0.5, 0.6) is 0 Å². The molecule has 1 unspecified atom stereocenters. The van der Waals surface area contributed by atoms with Gasteiger partial charge in [-0.2, -0.15) is 0 Å². The lowest BCUT2D eigenvalue weighted by Gasteiger charge is -2.33. The molecule has 4 nitrogen and oxygen atoms in total. The summed E-state index contributed by atoms with van der Waals surface area (Å²) in [5.41, 5.74) is 1.86. The van der Waals surface area contributed by atoms with Crippen molar-refractivity contribution >= 4 is 23.6 Å². The summed E-state index contributed by atoms with van der Waals surface area (Å²) >= 11 is 1.51. The molecule has 2 amide bonds. The summed E-state index contributed by atoms with van der Waals surface area (Å²) in [7, 11) is 0. The van der Waals surface area contributed by atoms with Gasteiger partial charge in [0, 0.05) is 17.0 Å². The summed E-state index contributed by atoms with van der Waals surface area (Å²) < 4.78 is 0. The summed E-state index contributed by atoms with van der Waals surface area (Å²) in [4.78, 5) is 28.9. The van der Waals surface area contributed by atoms with Crippen LogP contribution >= 0.6 is 11.8 Å². The highest BCUT2D eigenvalue weighted by Gasteiger charge is 2.30. The standard InChI is InChI=1S/C24H32N2O2S/c1-6-21(23(28)25-24(3,4)5)26(16-19-10-8-7-9-11-19)22(27)17-29-20-14-12-18(2)13-15-20/h7-15,21H,6,16-17H2,1-5H3,(H,25,28). The summed E-state index contributed by atoms with van der Waals surface area (Å²) in [5.74, 6) is 0.162. The largest absolute Gasteiger partial charge is 0.350 e. The van der Waals surface area contributed by atoms with Crippen LogP contribution in [0.1, 0.15) is 45.2 Å². The number of thioether (sulfide) groups is 1. The Bertz CT molecular complexity index is 798. The van der Waals surface area contributed by atoms with Gasteiger partial charge < -0.3 is 10.2 Å². The van der Waals surface area contributed by atoms with E-state index in [1.165, 1.54) is 17.3 Å². The molecule has 2 rings (SSSR count). The molecule has 0 aliphatic rings. The van der Waals surface area contributed by atoms with Crippen LogP contribution in [-0.4, -0.2) is 34.0 Å². The molecule has 0 bridgehead atoms. The first-order chi connectivity index (χ1) is 13.7. The van der Waals surface area contributed by atoms with Crippen LogP contribution in [-0.2, 0) is 16.1 Å². The van der Waals surface area contributed by atoms with Crippen LogP contribution in [0, 0.1) is 6.92 Å². The molecule has 2 aromatic carbocycles. The highest BCUT2D eigenvalue weighted by Crippen LogP contribution is 2.21. The van der Waals surface area contributed by atoms with Crippen molar-refractivity contribution in [3.8, 4) is 0 Å². The van der Waals surface area contributed by atoms with E-state index in [-0.39, 0.29) is 17.4 Å². The molecule has 0 aromatic heterocycles. The van der Waals surface area contributed by atoms with E-state index >= 15 is 0 Å². The van der Waals surface area contributed by atoms with Crippen molar-refractivity contribution < 1.29 is 9.59 Å². The van der Waals surface area contributed by atoms with Gasteiger partial charge in [-0.25, -0.2) is 0 Å². The summed E-state index contributed by atoms with van der Waals surface area (Å²) in [6.45, 7) is 10.3. The maximum atomic E-state index is 13.2. The Hall–Kier alpha value is -2.27. The molecule has 156 valence electrons. The first kappa shape index (κ1) is 23.0. The first-order valence-corrected chi connectivity index (χ1v) is 11.0. The second kappa shape index (κ2) is 10.5. The molecule has 0 fully saturated rings. The number of hydrogen-bond donors (Lipinski definition) is 1. The minimum absolute atomic E-state index is 0.0321. The van der Waals surface area contributed by atoms with Gasteiger partial charge in [-0.3, -0.25) is 9.59 Å². The molecule has 0 saturated heterocycles. The predicted molar refractivity (Wildman–Crippen MR) is 121 cm³/mol. The summed E-state index contributed by atoms with van der Waals surface area (Å²) in [5, 5.41) is 3.03. The Morgan fingerprint density at radius 3 is 2.21 bits per heavy atom. The van der Waals surface area contributed by atoms with E-state index < -0.39 is 6.04 Å². The van der Waals surface area contributed by atoms with Gasteiger partial charge in [-0.05, 0) is 51.8 Å². The van der Waals surface area contributed by atoms with Gasteiger partial charge in [-0.15, -0.1) is 11.8 Å². The molecule has 0 aliphatic carbocycles. The topological polar surface area (TPSA) is 49.4 Å². The normalized spacial score (nSPS) is 12.3. The number of rotatable bonds is 8. The molecule has 29 heavy (non-hydrogen) atoms. The number of nitrogens with one attached hydrogen (secondary N) is 1. The molecular weight excluding hydrogens is 380 g/mol. The molecule has 5 heteroatoms. The van der Waals surface area contributed by atoms with Gasteiger partial charge in [0.05, 0.1) is 5.75 Å². The molecule has 0 spiro atoms. The van der Waals surface area contributed by atoms with Gasteiger partial charge >= 0.3 is 0 Å². The zero-order valence-corrected chi connectivity index (χ0v) is 18.9. The number of hydrogen-bond acceptors (Lipinski definition) is 3. The van der Waals surface area contributed by atoms with E-state index in [0.717, 1.165) is 10.5 Å². The number of carbonyl (C=O) groups is 2. The van der Waals surface area contributed by atoms with E-state index in [0.29, 0.717) is 18.7 Å². The van der Waals surface area contributed by atoms with Gasteiger partial charge in [0.1, 0.15) is 6.04 Å². The van der Waals surface area contributed by atoms with Crippen LogP contribution in [0.4, 0.5) is 0 Å². The zero-order chi connectivity index (χ0) is 21.4. The second-order valence-electron chi connectivity index (χ2n) is 8.27. The third-order valence-electron chi connectivity index (χ3n) is 4.46. The third-order valence-corrected chi connectivity index (χ3v) is 5.46. The molecule has 2 aromatic rings. The van der Waals surface area contributed by atoms with E-state index in [9.17, 15) is 9.59 Å². The first-order valence-electron chi connectivity index (χ1n) is 10.0. The van der Waals surface area contributed by atoms with Crippen LogP contribution < -0.4 is 5.32 Å². The second-order valence-corrected chi connectivity index (χ2v) is 9.32. The lowest BCUT2D eigenvalue weighted by atomic mass is 10.1. The average molecular weight is 413 g/mol. The van der Waals surface area contributed by atoms with E-state index in [4.69, 9.17) is 0 Å². The maximum absolute atomic E-state index is 13.2. The zero-order valence-electron chi connectivity index (χ0n) is 18.1. The molecule has 1 N–H and O–H groups in total. The molecule has 0 saturated carbocycles. The average Bonchev–Trinajstić information content (AvgIpc) is 2.66. The van der Waals surface area contributed by atoms with Crippen LogP contribution in [0.2, 0.25) is 0 Å². The van der Waals surface area contributed by atoms with Gasteiger partial charge in [-0.1, -0.05) is 55.0 Å². The minimum atomic E-state index is -0.499. The van der Waals surface area contributed by atoms with Crippen LogP contribution in [0.15, 0.2) is 59.5 Å². The van der Waals surface area contributed by atoms with Crippen molar-refractivity contribution in [1.29, 1.82) is 0 Å². The van der Waals surface area contributed by atoms with E-state index in [1.807, 2.05) is 89.2 Å².